The molecule has 3 heterocycles. The van der Waals surface area contributed by atoms with E-state index in [0.717, 1.165) is 49.8 Å². The van der Waals surface area contributed by atoms with Crippen LogP contribution < -0.4 is 0 Å². The summed E-state index contributed by atoms with van der Waals surface area (Å²) >= 11 is 0. The molecule has 2 aromatic heterocycles. The van der Waals surface area contributed by atoms with Crippen molar-refractivity contribution in [3.63, 3.8) is 0 Å². The molecular formula is C64H42N4. The van der Waals surface area contributed by atoms with Gasteiger partial charge in [0.05, 0.1) is 22.1 Å². The molecule has 0 atom stereocenters. The summed E-state index contributed by atoms with van der Waals surface area (Å²) in [7, 11) is 0. The van der Waals surface area contributed by atoms with E-state index in [2.05, 4.69) is 223 Å². The van der Waals surface area contributed by atoms with Gasteiger partial charge in [-0.15, -0.1) is 0 Å². The maximum Gasteiger partial charge on any atom is 0.164 e. The third-order valence-electron chi connectivity index (χ3n) is 13.7. The SMILES string of the molecule is c1ccc(-c2cc(-c3ccccc3)cc(-c3cc4c5c(c3)c3cc(-c6nc(-c7ccccc7)nc(-c7ccccc7)n6)ccc3n5-c3ccccc3C4(c3ccccc3)c3ccccc3)c2)cc1. The van der Waals surface area contributed by atoms with Crippen LogP contribution in [0.15, 0.2) is 255 Å². The molecule has 318 valence electrons. The maximum atomic E-state index is 5.19. The van der Waals surface area contributed by atoms with Gasteiger partial charge in [0.2, 0.25) is 0 Å². The van der Waals surface area contributed by atoms with E-state index >= 15 is 0 Å². The minimum Gasteiger partial charge on any atom is -0.309 e. The lowest BCUT2D eigenvalue weighted by Gasteiger charge is -2.42. The lowest BCUT2D eigenvalue weighted by molar-refractivity contribution is 0.728. The molecule has 1 aliphatic heterocycles. The summed E-state index contributed by atoms with van der Waals surface area (Å²) in [6.07, 6.45) is 0. The number of hydrogen-bond donors (Lipinski definition) is 0. The second-order valence-corrected chi connectivity index (χ2v) is 17.6. The molecular weight excluding hydrogens is 825 g/mol. The Morgan fingerprint density at radius 3 is 1.19 bits per heavy atom. The van der Waals surface area contributed by atoms with Crippen molar-refractivity contribution >= 4 is 21.8 Å². The second kappa shape index (κ2) is 16.2. The van der Waals surface area contributed by atoms with Crippen molar-refractivity contribution in [2.75, 3.05) is 0 Å². The molecule has 4 nitrogen and oxygen atoms in total. The van der Waals surface area contributed by atoms with E-state index < -0.39 is 5.41 Å². The Labute approximate surface area is 395 Å². The van der Waals surface area contributed by atoms with Crippen molar-refractivity contribution in [2.45, 2.75) is 5.41 Å². The van der Waals surface area contributed by atoms with Gasteiger partial charge in [0.1, 0.15) is 0 Å². The van der Waals surface area contributed by atoms with Gasteiger partial charge >= 0.3 is 0 Å². The van der Waals surface area contributed by atoms with Gasteiger partial charge in [0, 0.05) is 27.5 Å². The van der Waals surface area contributed by atoms with E-state index in [1.165, 1.54) is 50.0 Å². The first kappa shape index (κ1) is 39.4. The molecule has 0 N–H and O–H groups in total. The Kier molecular flexibility index (Phi) is 9.36. The summed E-state index contributed by atoms with van der Waals surface area (Å²) in [6, 6.07) is 91.7. The standard InChI is InChI=1S/C64H42N4/c1-7-21-43(22-8-1)48-37-49(44-23-9-2-10-24-44)39-50(38-48)51-41-55-54-40-47(63-66-61(45-25-11-3-12-26-45)65-62(67-63)46-27-13-4-14-28-46)35-36-58(54)68-59-34-20-19-33-56(59)64(57(42-51)60(55)68,52-29-15-5-16-30-52)53-31-17-6-18-32-53/h1-42H. The Hall–Kier alpha value is -8.99. The monoisotopic (exact) mass is 866 g/mol. The van der Waals surface area contributed by atoms with Crippen LogP contribution in [0.25, 0.3) is 95.0 Å². The van der Waals surface area contributed by atoms with Gasteiger partial charge in [-0.25, -0.2) is 15.0 Å². The van der Waals surface area contributed by atoms with Crippen molar-refractivity contribution in [3.8, 4) is 73.2 Å². The van der Waals surface area contributed by atoms with Gasteiger partial charge in [-0.3, -0.25) is 0 Å². The zero-order valence-electron chi connectivity index (χ0n) is 37.0. The average molecular weight is 867 g/mol. The van der Waals surface area contributed by atoms with Crippen LogP contribution in [-0.4, -0.2) is 19.5 Å². The highest BCUT2D eigenvalue weighted by molar-refractivity contribution is 6.14. The van der Waals surface area contributed by atoms with E-state index in [9.17, 15) is 0 Å². The third kappa shape index (κ3) is 6.41. The van der Waals surface area contributed by atoms with E-state index in [4.69, 9.17) is 15.0 Å². The van der Waals surface area contributed by atoms with Crippen LogP contribution in [-0.2, 0) is 5.41 Å². The molecule has 4 heteroatoms. The fourth-order valence-corrected chi connectivity index (χ4v) is 10.6. The molecule has 0 bridgehead atoms. The zero-order valence-corrected chi connectivity index (χ0v) is 37.0. The number of benzene rings is 10. The van der Waals surface area contributed by atoms with Gasteiger partial charge in [-0.1, -0.05) is 200 Å². The highest BCUT2D eigenvalue weighted by atomic mass is 15.0. The molecule has 0 saturated heterocycles. The first-order chi connectivity index (χ1) is 33.7. The highest BCUT2D eigenvalue weighted by Crippen LogP contribution is 2.55. The van der Waals surface area contributed by atoms with Crippen LogP contribution in [0.2, 0.25) is 0 Å². The Morgan fingerprint density at radius 1 is 0.279 bits per heavy atom. The topological polar surface area (TPSA) is 43.6 Å². The number of aromatic nitrogens is 4. The largest absolute Gasteiger partial charge is 0.309 e. The fraction of sp³-hybridized carbons (Fsp3) is 0.0156. The van der Waals surface area contributed by atoms with Crippen molar-refractivity contribution in [1.82, 2.24) is 19.5 Å². The van der Waals surface area contributed by atoms with Gasteiger partial charge in [0.15, 0.2) is 17.5 Å². The van der Waals surface area contributed by atoms with Crippen LogP contribution >= 0.6 is 0 Å². The normalized spacial score (nSPS) is 12.5. The summed E-state index contributed by atoms with van der Waals surface area (Å²) in [5.74, 6) is 1.89. The minimum absolute atomic E-state index is 0.623. The van der Waals surface area contributed by atoms with Gasteiger partial charge in [-0.05, 0) is 110 Å². The molecule has 0 saturated carbocycles. The first-order valence-corrected chi connectivity index (χ1v) is 23.2. The van der Waals surface area contributed by atoms with E-state index in [0.29, 0.717) is 17.5 Å². The predicted molar refractivity (Wildman–Crippen MR) is 279 cm³/mol. The second-order valence-electron chi connectivity index (χ2n) is 17.6. The Balaban J connectivity index is 1.15. The molecule has 68 heavy (non-hydrogen) atoms. The fourth-order valence-electron chi connectivity index (χ4n) is 10.6. The van der Waals surface area contributed by atoms with Gasteiger partial charge in [0.25, 0.3) is 0 Å². The van der Waals surface area contributed by atoms with E-state index in [-0.39, 0.29) is 0 Å². The summed E-state index contributed by atoms with van der Waals surface area (Å²) in [5, 5.41) is 2.28. The summed E-state index contributed by atoms with van der Waals surface area (Å²) < 4.78 is 2.50. The first-order valence-electron chi connectivity index (χ1n) is 23.2. The maximum absolute atomic E-state index is 5.19. The summed E-state index contributed by atoms with van der Waals surface area (Å²) in [4.78, 5) is 15.4. The van der Waals surface area contributed by atoms with Gasteiger partial charge < -0.3 is 4.57 Å². The smallest absolute Gasteiger partial charge is 0.164 e. The number of rotatable bonds is 8. The van der Waals surface area contributed by atoms with Crippen LogP contribution in [0.1, 0.15) is 22.3 Å². The molecule has 0 amide bonds. The lowest BCUT2D eigenvalue weighted by Crippen LogP contribution is -2.35. The van der Waals surface area contributed by atoms with Crippen LogP contribution in [0.5, 0.6) is 0 Å². The van der Waals surface area contributed by atoms with Crippen molar-refractivity contribution in [1.29, 1.82) is 0 Å². The van der Waals surface area contributed by atoms with Crippen LogP contribution in [0.4, 0.5) is 0 Å². The Morgan fingerprint density at radius 2 is 0.676 bits per heavy atom. The van der Waals surface area contributed by atoms with E-state index in [1.54, 1.807) is 0 Å². The average Bonchev–Trinajstić information content (AvgIpc) is 3.76. The minimum atomic E-state index is -0.663. The molecule has 0 fully saturated rings. The molecule has 0 spiro atoms. The molecule has 1 aliphatic rings. The zero-order chi connectivity index (χ0) is 45.0. The van der Waals surface area contributed by atoms with Crippen LogP contribution in [0.3, 0.4) is 0 Å². The molecule has 0 radical (unpaired) electrons. The van der Waals surface area contributed by atoms with Crippen LogP contribution in [0, 0.1) is 0 Å². The third-order valence-corrected chi connectivity index (χ3v) is 13.7. The molecule has 13 rings (SSSR count). The molecule has 12 aromatic rings. The lowest BCUT2D eigenvalue weighted by atomic mass is 9.63. The number of para-hydroxylation sites is 1. The number of nitrogens with zero attached hydrogens (tertiary/aromatic N) is 4. The molecule has 0 unspecified atom stereocenters. The van der Waals surface area contributed by atoms with Crippen molar-refractivity contribution < 1.29 is 0 Å². The van der Waals surface area contributed by atoms with Crippen molar-refractivity contribution in [2.24, 2.45) is 0 Å². The Bertz CT molecular complexity index is 3660. The van der Waals surface area contributed by atoms with E-state index in [1.807, 2.05) is 36.4 Å². The highest BCUT2D eigenvalue weighted by Gasteiger charge is 2.45. The number of fused-ring (bicyclic) bond motifs is 5. The predicted octanol–water partition coefficient (Wildman–Crippen LogP) is 15.7. The molecule has 10 aromatic carbocycles. The number of hydrogen-bond acceptors (Lipinski definition) is 3. The summed E-state index contributed by atoms with van der Waals surface area (Å²) in [6.45, 7) is 0. The molecule has 0 aliphatic carbocycles. The van der Waals surface area contributed by atoms with Crippen molar-refractivity contribution in [3.05, 3.63) is 277 Å². The van der Waals surface area contributed by atoms with Gasteiger partial charge in [-0.2, -0.15) is 0 Å². The summed E-state index contributed by atoms with van der Waals surface area (Å²) in [5.41, 5.74) is 17.4. The quantitative estimate of drug-likeness (QED) is 0.153.